The second-order valence-corrected chi connectivity index (χ2v) is 6.87. The molecule has 102 valence electrons. The van der Waals surface area contributed by atoms with Crippen LogP contribution >= 0.6 is 23.4 Å². The van der Waals surface area contributed by atoms with Crippen LogP contribution in [0.2, 0.25) is 0 Å². The predicted octanol–water partition coefficient (Wildman–Crippen LogP) is 4.46. The number of aromatic nitrogens is 2. The lowest BCUT2D eigenvalue weighted by atomic mass is 10.2. The van der Waals surface area contributed by atoms with E-state index in [1.54, 1.807) is 6.92 Å². The lowest BCUT2D eigenvalue weighted by Gasteiger charge is -2.17. The molecule has 2 nitrogen and oxygen atoms in total. The molecule has 2 unspecified atom stereocenters. The Morgan fingerprint density at radius 3 is 2.95 bits per heavy atom. The van der Waals surface area contributed by atoms with E-state index in [-0.39, 0.29) is 11.2 Å². The van der Waals surface area contributed by atoms with Crippen molar-refractivity contribution >= 4 is 34.4 Å². The SMILES string of the molecule is Cc1cc2c(cc1F)nc(C(C)Cl)n2C1CCSC1. The van der Waals surface area contributed by atoms with Crippen LogP contribution in [-0.2, 0) is 0 Å². The molecule has 0 aliphatic carbocycles. The number of aryl methyl sites for hydroxylation is 1. The molecule has 2 aromatic rings. The summed E-state index contributed by atoms with van der Waals surface area (Å²) in [7, 11) is 0. The first-order valence-corrected chi connectivity index (χ1v) is 8.07. The van der Waals surface area contributed by atoms with Crippen LogP contribution in [0.5, 0.6) is 0 Å². The van der Waals surface area contributed by atoms with Gasteiger partial charge in [0.1, 0.15) is 11.6 Å². The fraction of sp³-hybridized carbons (Fsp3) is 0.500. The van der Waals surface area contributed by atoms with Gasteiger partial charge in [-0.25, -0.2) is 9.37 Å². The Labute approximate surface area is 121 Å². The number of benzene rings is 1. The van der Waals surface area contributed by atoms with Gasteiger partial charge in [-0.05, 0) is 37.7 Å². The van der Waals surface area contributed by atoms with E-state index >= 15 is 0 Å². The zero-order chi connectivity index (χ0) is 13.6. The summed E-state index contributed by atoms with van der Waals surface area (Å²) in [4.78, 5) is 4.54. The summed E-state index contributed by atoms with van der Waals surface area (Å²) in [5.41, 5.74) is 2.38. The minimum Gasteiger partial charge on any atom is -0.323 e. The molecule has 0 N–H and O–H groups in total. The largest absolute Gasteiger partial charge is 0.323 e. The first kappa shape index (κ1) is 13.3. The van der Waals surface area contributed by atoms with Gasteiger partial charge in [0.05, 0.1) is 16.4 Å². The summed E-state index contributed by atoms with van der Waals surface area (Å²) < 4.78 is 15.9. The third-order valence-corrected chi connectivity index (χ3v) is 4.96. The van der Waals surface area contributed by atoms with Gasteiger partial charge in [-0.2, -0.15) is 11.8 Å². The molecule has 0 saturated carbocycles. The second-order valence-electron chi connectivity index (χ2n) is 5.06. The van der Waals surface area contributed by atoms with Crippen molar-refractivity contribution in [3.05, 3.63) is 29.3 Å². The van der Waals surface area contributed by atoms with E-state index in [0.717, 1.165) is 23.5 Å². The van der Waals surface area contributed by atoms with Crippen LogP contribution in [0.15, 0.2) is 12.1 Å². The number of rotatable bonds is 2. The molecular weight excluding hydrogens is 283 g/mol. The van der Waals surface area contributed by atoms with Gasteiger partial charge < -0.3 is 4.57 Å². The van der Waals surface area contributed by atoms with Crippen LogP contribution < -0.4 is 0 Å². The average Bonchev–Trinajstić information content (AvgIpc) is 2.96. The van der Waals surface area contributed by atoms with Gasteiger partial charge in [0.15, 0.2) is 0 Å². The summed E-state index contributed by atoms with van der Waals surface area (Å²) in [6.07, 6.45) is 1.13. The Bertz CT molecular complexity index is 617. The third-order valence-electron chi connectivity index (χ3n) is 3.62. The van der Waals surface area contributed by atoms with Crippen LogP contribution in [-0.4, -0.2) is 21.1 Å². The fourth-order valence-corrected chi connectivity index (χ4v) is 3.98. The van der Waals surface area contributed by atoms with E-state index < -0.39 is 0 Å². The van der Waals surface area contributed by atoms with Gasteiger partial charge in [0.25, 0.3) is 0 Å². The van der Waals surface area contributed by atoms with Crippen molar-refractivity contribution in [1.29, 1.82) is 0 Å². The minimum atomic E-state index is -0.202. The quantitative estimate of drug-likeness (QED) is 0.762. The maximum Gasteiger partial charge on any atom is 0.128 e. The van der Waals surface area contributed by atoms with E-state index in [1.165, 1.54) is 11.8 Å². The Balaban J connectivity index is 2.25. The van der Waals surface area contributed by atoms with Crippen molar-refractivity contribution in [2.45, 2.75) is 31.7 Å². The molecular formula is C14H16ClFN2S. The molecule has 1 fully saturated rings. The number of hydrogen-bond acceptors (Lipinski definition) is 2. The molecule has 1 aliphatic rings. The third kappa shape index (κ3) is 2.25. The number of thioether (sulfide) groups is 1. The molecule has 1 aliphatic heterocycles. The molecule has 2 atom stereocenters. The monoisotopic (exact) mass is 298 g/mol. The minimum absolute atomic E-state index is 0.165. The van der Waals surface area contributed by atoms with Crippen LogP contribution in [0.3, 0.4) is 0 Å². The van der Waals surface area contributed by atoms with E-state index in [1.807, 2.05) is 24.8 Å². The number of alkyl halides is 1. The maximum absolute atomic E-state index is 13.7. The lowest BCUT2D eigenvalue weighted by Crippen LogP contribution is -2.12. The summed E-state index contributed by atoms with van der Waals surface area (Å²) >= 11 is 8.20. The fourth-order valence-electron chi connectivity index (χ4n) is 2.63. The van der Waals surface area contributed by atoms with Crippen molar-refractivity contribution in [2.75, 3.05) is 11.5 Å². The van der Waals surface area contributed by atoms with Crippen molar-refractivity contribution < 1.29 is 4.39 Å². The first-order chi connectivity index (χ1) is 9.08. The summed E-state index contributed by atoms with van der Waals surface area (Å²) in [5, 5.41) is -0.165. The van der Waals surface area contributed by atoms with Crippen molar-refractivity contribution in [3.63, 3.8) is 0 Å². The van der Waals surface area contributed by atoms with E-state index in [0.29, 0.717) is 17.1 Å². The van der Waals surface area contributed by atoms with Gasteiger partial charge in [0.2, 0.25) is 0 Å². The Morgan fingerprint density at radius 1 is 1.53 bits per heavy atom. The standard InChI is InChI=1S/C14H16ClFN2S/c1-8-5-13-12(6-11(8)16)17-14(9(2)15)18(13)10-3-4-19-7-10/h5-6,9-10H,3-4,7H2,1-2H3. The van der Waals surface area contributed by atoms with Gasteiger partial charge in [-0.3, -0.25) is 0 Å². The smallest absolute Gasteiger partial charge is 0.128 e. The zero-order valence-electron chi connectivity index (χ0n) is 11.0. The Morgan fingerprint density at radius 2 is 2.32 bits per heavy atom. The van der Waals surface area contributed by atoms with Crippen LogP contribution in [0.4, 0.5) is 4.39 Å². The molecule has 0 bridgehead atoms. The highest BCUT2D eigenvalue weighted by atomic mass is 35.5. The van der Waals surface area contributed by atoms with E-state index in [9.17, 15) is 4.39 Å². The average molecular weight is 299 g/mol. The second kappa shape index (κ2) is 4.98. The van der Waals surface area contributed by atoms with Crippen molar-refractivity contribution in [2.24, 2.45) is 0 Å². The van der Waals surface area contributed by atoms with Crippen LogP contribution in [0, 0.1) is 12.7 Å². The summed E-state index contributed by atoms with van der Waals surface area (Å²) in [5.74, 6) is 2.90. The van der Waals surface area contributed by atoms with Crippen LogP contribution in [0.25, 0.3) is 11.0 Å². The molecule has 5 heteroatoms. The molecule has 0 spiro atoms. The Hall–Kier alpha value is -0.740. The van der Waals surface area contributed by atoms with Crippen molar-refractivity contribution in [3.8, 4) is 0 Å². The zero-order valence-corrected chi connectivity index (χ0v) is 12.6. The van der Waals surface area contributed by atoms with Gasteiger partial charge in [-0.1, -0.05) is 0 Å². The molecule has 3 rings (SSSR count). The van der Waals surface area contributed by atoms with Crippen molar-refractivity contribution in [1.82, 2.24) is 9.55 Å². The topological polar surface area (TPSA) is 17.8 Å². The highest BCUT2D eigenvalue weighted by molar-refractivity contribution is 7.99. The number of imidazole rings is 1. The van der Waals surface area contributed by atoms with E-state index in [2.05, 4.69) is 9.55 Å². The highest BCUT2D eigenvalue weighted by Gasteiger charge is 2.25. The molecule has 0 amide bonds. The normalized spacial score (nSPS) is 21.2. The van der Waals surface area contributed by atoms with Crippen LogP contribution in [0.1, 0.15) is 36.2 Å². The summed E-state index contributed by atoms with van der Waals surface area (Å²) in [6.45, 7) is 3.71. The molecule has 0 radical (unpaired) electrons. The number of nitrogens with zero attached hydrogens (tertiary/aromatic N) is 2. The number of fused-ring (bicyclic) bond motifs is 1. The van der Waals surface area contributed by atoms with Gasteiger partial charge >= 0.3 is 0 Å². The molecule has 2 heterocycles. The van der Waals surface area contributed by atoms with Gasteiger partial charge in [-0.15, -0.1) is 11.6 Å². The molecule has 1 aromatic heterocycles. The highest BCUT2D eigenvalue weighted by Crippen LogP contribution is 2.35. The number of hydrogen-bond donors (Lipinski definition) is 0. The predicted molar refractivity (Wildman–Crippen MR) is 79.7 cm³/mol. The van der Waals surface area contributed by atoms with E-state index in [4.69, 9.17) is 11.6 Å². The molecule has 1 aromatic carbocycles. The lowest BCUT2D eigenvalue weighted by molar-refractivity contribution is 0.548. The molecule has 19 heavy (non-hydrogen) atoms. The Kier molecular flexibility index (Phi) is 3.48. The summed E-state index contributed by atoms with van der Waals surface area (Å²) in [6, 6.07) is 3.84. The number of halogens is 2. The first-order valence-electron chi connectivity index (χ1n) is 6.47. The molecule has 1 saturated heterocycles. The maximum atomic E-state index is 13.7. The van der Waals surface area contributed by atoms with Gasteiger partial charge in [0, 0.05) is 17.9 Å².